The number of rotatable bonds is 8. The first kappa shape index (κ1) is 23.5. The molecule has 0 unspecified atom stereocenters. The molecule has 0 saturated carbocycles. The van der Waals surface area contributed by atoms with E-state index in [2.05, 4.69) is 20.9 Å². The predicted molar refractivity (Wildman–Crippen MR) is 123 cm³/mol. The van der Waals surface area contributed by atoms with Crippen LogP contribution in [0.25, 0.3) is 0 Å². The van der Waals surface area contributed by atoms with Gasteiger partial charge in [0.1, 0.15) is 18.1 Å². The smallest absolute Gasteiger partial charge is 0.221 e. The summed E-state index contributed by atoms with van der Waals surface area (Å²) in [6.45, 7) is 3.11. The zero-order chi connectivity index (χ0) is 19.5. The van der Waals surface area contributed by atoms with Crippen LogP contribution in [-0.2, 0) is 11.3 Å². The second kappa shape index (κ2) is 12.8. The van der Waals surface area contributed by atoms with Gasteiger partial charge in [-0.2, -0.15) is 0 Å². The Morgan fingerprint density at radius 3 is 2.61 bits per heavy atom. The second-order valence-corrected chi connectivity index (χ2v) is 5.72. The normalized spacial score (nSPS) is 10.5. The first-order valence-electron chi connectivity index (χ1n) is 8.69. The molecule has 28 heavy (non-hydrogen) atoms. The number of aliphatic imine (C=N–C) groups is 1. The van der Waals surface area contributed by atoms with Crippen molar-refractivity contribution in [1.29, 1.82) is 0 Å². The summed E-state index contributed by atoms with van der Waals surface area (Å²) >= 11 is 0. The van der Waals surface area contributed by atoms with E-state index in [1.165, 1.54) is 6.92 Å². The van der Waals surface area contributed by atoms with Crippen LogP contribution < -0.4 is 25.4 Å². The Hall–Kier alpha value is -2.49. The summed E-state index contributed by atoms with van der Waals surface area (Å²) in [6, 6.07) is 15.1. The number of carbonyl (C=O) groups excluding carboxylic acids is 1. The summed E-state index contributed by atoms with van der Waals surface area (Å²) in [5, 5.41) is 9.17. The van der Waals surface area contributed by atoms with Gasteiger partial charge in [0.05, 0.1) is 13.7 Å². The Kier molecular flexibility index (Phi) is 10.8. The number of guanidine groups is 1. The molecular formula is C20H27IN4O3. The largest absolute Gasteiger partial charge is 0.496 e. The van der Waals surface area contributed by atoms with Crippen LogP contribution in [-0.4, -0.2) is 39.2 Å². The Morgan fingerprint density at radius 2 is 1.89 bits per heavy atom. The number of anilines is 1. The molecule has 2 aromatic rings. The lowest BCUT2D eigenvalue weighted by Gasteiger charge is -2.14. The Morgan fingerprint density at radius 1 is 1.11 bits per heavy atom. The molecule has 0 aliphatic rings. The summed E-state index contributed by atoms with van der Waals surface area (Å²) in [4.78, 5) is 15.3. The van der Waals surface area contributed by atoms with E-state index in [1.807, 2.05) is 42.5 Å². The van der Waals surface area contributed by atoms with Crippen LogP contribution in [0.15, 0.2) is 53.5 Å². The van der Waals surface area contributed by atoms with E-state index < -0.39 is 0 Å². The predicted octanol–water partition coefficient (Wildman–Crippen LogP) is 3.02. The fraction of sp³-hybridized carbons (Fsp3) is 0.300. The van der Waals surface area contributed by atoms with Gasteiger partial charge in [-0.05, 0) is 18.2 Å². The fourth-order valence-corrected chi connectivity index (χ4v) is 2.45. The number of amides is 1. The minimum Gasteiger partial charge on any atom is -0.496 e. The number of hydrogen-bond acceptors (Lipinski definition) is 4. The minimum atomic E-state index is -0.112. The van der Waals surface area contributed by atoms with E-state index in [0.29, 0.717) is 37.1 Å². The Labute approximate surface area is 182 Å². The third-order valence-electron chi connectivity index (χ3n) is 3.68. The van der Waals surface area contributed by atoms with Gasteiger partial charge in [-0.3, -0.25) is 9.79 Å². The quantitative estimate of drug-likeness (QED) is 0.226. The van der Waals surface area contributed by atoms with Gasteiger partial charge in [0.15, 0.2) is 5.96 Å². The van der Waals surface area contributed by atoms with Gasteiger partial charge in [0.25, 0.3) is 0 Å². The fourth-order valence-electron chi connectivity index (χ4n) is 2.45. The summed E-state index contributed by atoms with van der Waals surface area (Å²) in [7, 11) is 3.37. The van der Waals surface area contributed by atoms with E-state index in [4.69, 9.17) is 9.47 Å². The van der Waals surface area contributed by atoms with Crippen molar-refractivity contribution in [3.63, 3.8) is 0 Å². The van der Waals surface area contributed by atoms with E-state index in [0.717, 1.165) is 11.3 Å². The molecule has 3 N–H and O–H groups in total. The van der Waals surface area contributed by atoms with Crippen molar-refractivity contribution >= 4 is 41.5 Å². The van der Waals surface area contributed by atoms with Gasteiger partial charge < -0.3 is 25.4 Å². The first-order valence-corrected chi connectivity index (χ1v) is 8.69. The number of carbonyl (C=O) groups is 1. The number of hydrogen-bond donors (Lipinski definition) is 3. The molecule has 152 valence electrons. The van der Waals surface area contributed by atoms with Crippen molar-refractivity contribution < 1.29 is 14.3 Å². The van der Waals surface area contributed by atoms with Crippen molar-refractivity contribution in [2.45, 2.75) is 13.5 Å². The van der Waals surface area contributed by atoms with Crippen LogP contribution in [0.3, 0.4) is 0 Å². The summed E-state index contributed by atoms with van der Waals surface area (Å²) in [5.74, 6) is 2.10. The molecule has 2 aromatic carbocycles. The van der Waals surface area contributed by atoms with Crippen LogP contribution in [0.2, 0.25) is 0 Å². The molecule has 0 heterocycles. The minimum absolute atomic E-state index is 0. The van der Waals surface area contributed by atoms with E-state index in [9.17, 15) is 4.79 Å². The molecule has 8 heteroatoms. The highest BCUT2D eigenvalue weighted by atomic mass is 127. The highest BCUT2D eigenvalue weighted by Gasteiger charge is 2.03. The van der Waals surface area contributed by atoms with Crippen molar-refractivity contribution in [2.75, 3.05) is 32.6 Å². The molecule has 7 nitrogen and oxygen atoms in total. The third kappa shape index (κ3) is 8.03. The third-order valence-corrected chi connectivity index (χ3v) is 3.68. The molecule has 0 saturated heterocycles. The maximum atomic E-state index is 11.1. The first-order chi connectivity index (χ1) is 13.1. The lowest BCUT2D eigenvalue weighted by atomic mass is 10.2. The van der Waals surface area contributed by atoms with Crippen molar-refractivity contribution in [1.82, 2.24) is 10.6 Å². The lowest BCUT2D eigenvalue weighted by Crippen LogP contribution is -2.38. The summed E-state index contributed by atoms with van der Waals surface area (Å²) in [5.41, 5.74) is 1.76. The number of benzene rings is 2. The molecule has 0 fully saturated rings. The average Bonchev–Trinajstić information content (AvgIpc) is 2.67. The Bertz CT molecular complexity index is 784. The van der Waals surface area contributed by atoms with E-state index in [-0.39, 0.29) is 29.9 Å². The zero-order valence-corrected chi connectivity index (χ0v) is 18.7. The maximum absolute atomic E-state index is 11.1. The van der Waals surface area contributed by atoms with Crippen LogP contribution in [0.5, 0.6) is 11.5 Å². The van der Waals surface area contributed by atoms with Crippen LogP contribution >= 0.6 is 24.0 Å². The molecule has 0 spiro atoms. The number of halogens is 1. The van der Waals surface area contributed by atoms with E-state index >= 15 is 0 Å². The van der Waals surface area contributed by atoms with Gasteiger partial charge in [0, 0.05) is 37.8 Å². The molecule has 0 aliphatic carbocycles. The number of para-hydroxylation sites is 1. The molecule has 0 aliphatic heterocycles. The molecule has 2 rings (SSSR count). The molecule has 0 atom stereocenters. The van der Waals surface area contributed by atoms with Gasteiger partial charge in [-0.1, -0.05) is 24.3 Å². The maximum Gasteiger partial charge on any atom is 0.221 e. The number of ether oxygens (including phenoxy) is 2. The van der Waals surface area contributed by atoms with Crippen molar-refractivity contribution in [2.24, 2.45) is 4.99 Å². The molecule has 0 aromatic heterocycles. The highest BCUT2D eigenvalue weighted by Crippen LogP contribution is 2.17. The van der Waals surface area contributed by atoms with Gasteiger partial charge in [0.2, 0.25) is 5.91 Å². The van der Waals surface area contributed by atoms with Crippen molar-refractivity contribution in [3.05, 3.63) is 54.1 Å². The van der Waals surface area contributed by atoms with Crippen LogP contribution in [0.1, 0.15) is 12.5 Å². The number of methoxy groups -OCH3 is 1. The Balaban J connectivity index is 0.00000392. The van der Waals surface area contributed by atoms with Crippen LogP contribution in [0.4, 0.5) is 5.69 Å². The molecular weight excluding hydrogens is 471 g/mol. The summed E-state index contributed by atoms with van der Waals surface area (Å²) < 4.78 is 11.1. The lowest BCUT2D eigenvalue weighted by molar-refractivity contribution is -0.114. The van der Waals surface area contributed by atoms with Crippen LogP contribution in [0, 0.1) is 0 Å². The number of nitrogens with one attached hydrogen (secondary N) is 3. The van der Waals surface area contributed by atoms with Gasteiger partial charge >= 0.3 is 0 Å². The van der Waals surface area contributed by atoms with Gasteiger partial charge in [-0.15, -0.1) is 24.0 Å². The molecule has 0 radical (unpaired) electrons. The standard InChI is InChI=1S/C20H26N4O3.HI/c1-15(25)24-17-8-6-9-18(13-17)27-12-11-22-20(21-2)23-14-16-7-4-5-10-19(16)26-3;/h4-10,13H,11-12,14H2,1-3H3,(H,24,25)(H2,21,22,23);1H. The highest BCUT2D eigenvalue weighted by molar-refractivity contribution is 14.0. The van der Waals surface area contributed by atoms with E-state index in [1.54, 1.807) is 20.2 Å². The molecule has 1 amide bonds. The topological polar surface area (TPSA) is 84.0 Å². The van der Waals surface area contributed by atoms with Gasteiger partial charge in [-0.25, -0.2) is 0 Å². The van der Waals surface area contributed by atoms with Crippen molar-refractivity contribution in [3.8, 4) is 11.5 Å². The number of nitrogens with zero attached hydrogens (tertiary/aromatic N) is 1. The zero-order valence-electron chi connectivity index (χ0n) is 16.3. The molecule has 0 bridgehead atoms. The average molecular weight is 498 g/mol. The second-order valence-electron chi connectivity index (χ2n) is 5.72. The monoisotopic (exact) mass is 498 g/mol. The summed E-state index contributed by atoms with van der Waals surface area (Å²) in [6.07, 6.45) is 0. The SMILES string of the molecule is CN=C(NCCOc1cccc(NC(C)=O)c1)NCc1ccccc1OC.I.